The first kappa shape index (κ1) is 15.1. The molecular formula is C19H30O3. The number of aliphatic hydroxyl groups is 2. The first-order valence-corrected chi connectivity index (χ1v) is 9.25. The van der Waals surface area contributed by atoms with Gasteiger partial charge in [0.1, 0.15) is 5.78 Å². The normalized spacial score (nSPS) is 57.9. The van der Waals surface area contributed by atoms with Crippen LogP contribution in [-0.2, 0) is 4.79 Å². The lowest BCUT2D eigenvalue weighted by atomic mass is 9.44. The minimum Gasteiger partial charge on any atom is -0.393 e. The molecule has 22 heavy (non-hydrogen) atoms. The van der Waals surface area contributed by atoms with Crippen LogP contribution in [0.25, 0.3) is 0 Å². The minimum atomic E-state index is -0.337. The predicted molar refractivity (Wildman–Crippen MR) is 84.1 cm³/mol. The van der Waals surface area contributed by atoms with Gasteiger partial charge in [0.25, 0.3) is 0 Å². The molecule has 0 aromatic rings. The molecule has 4 aliphatic carbocycles. The van der Waals surface area contributed by atoms with Crippen molar-refractivity contribution in [2.75, 3.05) is 0 Å². The molecule has 0 heterocycles. The Morgan fingerprint density at radius 1 is 1.09 bits per heavy atom. The van der Waals surface area contributed by atoms with E-state index in [-0.39, 0.29) is 23.0 Å². The largest absolute Gasteiger partial charge is 0.393 e. The Bertz CT molecular complexity index is 489. The van der Waals surface area contributed by atoms with Gasteiger partial charge in [-0.25, -0.2) is 0 Å². The standard InChI is InChI=1S/C19H30O3/c1-18-8-7-12(20)9-11(18)3-4-13-14-5-6-16(22)19(14,2)10-15(21)17(13)18/h11-15,17,20-21H,3-10H2,1-2H3/t11-,12-,13-,14-,15-,17-,18-,19-/m0/s1. The second kappa shape index (κ2) is 4.80. The Morgan fingerprint density at radius 3 is 2.64 bits per heavy atom. The van der Waals surface area contributed by atoms with E-state index in [1.165, 1.54) is 6.42 Å². The summed E-state index contributed by atoms with van der Waals surface area (Å²) in [6, 6.07) is 0. The topological polar surface area (TPSA) is 57.5 Å². The molecule has 4 fully saturated rings. The third kappa shape index (κ3) is 1.84. The van der Waals surface area contributed by atoms with Crippen molar-refractivity contribution < 1.29 is 15.0 Å². The van der Waals surface area contributed by atoms with Gasteiger partial charge in [-0.2, -0.15) is 0 Å². The highest BCUT2D eigenvalue weighted by Crippen LogP contribution is 2.65. The lowest BCUT2D eigenvalue weighted by Crippen LogP contribution is -2.59. The van der Waals surface area contributed by atoms with Crippen molar-refractivity contribution in [3.05, 3.63) is 0 Å². The number of Topliss-reactive ketones (excluding diaryl/α,β-unsaturated/α-hetero) is 1. The molecule has 8 atom stereocenters. The number of hydrogen-bond acceptors (Lipinski definition) is 3. The zero-order chi connectivity index (χ0) is 15.7. The smallest absolute Gasteiger partial charge is 0.139 e. The van der Waals surface area contributed by atoms with Crippen LogP contribution in [0.3, 0.4) is 0 Å². The summed E-state index contributed by atoms with van der Waals surface area (Å²) in [5, 5.41) is 21.0. The Hall–Kier alpha value is -0.410. The van der Waals surface area contributed by atoms with Crippen LogP contribution in [0.1, 0.15) is 65.2 Å². The molecular weight excluding hydrogens is 276 g/mol. The van der Waals surface area contributed by atoms with E-state index in [1.54, 1.807) is 0 Å². The van der Waals surface area contributed by atoms with Gasteiger partial charge in [0.15, 0.2) is 0 Å². The molecule has 2 N–H and O–H groups in total. The summed E-state index contributed by atoms with van der Waals surface area (Å²) >= 11 is 0. The zero-order valence-electron chi connectivity index (χ0n) is 13.9. The van der Waals surface area contributed by atoms with Crippen LogP contribution in [0, 0.1) is 34.5 Å². The minimum absolute atomic E-state index is 0.145. The molecule has 0 saturated heterocycles. The molecule has 0 bridgehead atoms. The van der Waals surface area contributed by atoms with Crippen molar-refractivity contribution in [1.29, 1.82) is 0 Å². The fourth-order valence-corrected chi connectivity index (χ4v) is 7.13. The quantitative estimate of drug-likeness (QED) is 0.723. The average molecular weight is 306 g/mol. The highest BCUT2D eigenvalue weighted by Gasteiger charge is 2.63. The van der Waals surface area contributed by atoms with E-state index in [0.29, 0.717) is 35.9 Å². The summed E-state index contributed by atoms with van der Waals surface area (Å²) in [5.41, 5.74) is -0.105. The molecule has 3 nitrogen and oxygen atoms in total. The zero-order valence-corrected chi connectivity index (χ0v) is 13.9. The summed E-state index contributed by atoms with van der Waals surface area (Å²) in [6.07, 6.45) is 7.08. The second-order valence-electron chi connectivity index (χ2n) is 9.16. The van der Waals surface area contributed by atoms with Crippen molar-refractivity contribution >= 4 is 5.78 Å². The fraction of sp³-hybridized carbons (Fsp3) is 0.947. The lowest BCUT2D eigenvalue weighted by molar-refractivity contribution is -0.175. The monoisotopic (exact) mass is 306 g/mol. The van der Waals surface area contributed by atoms with Crippen LogP contribution in [0.15, 0.2) is 0 Å². The Balaban J connectivity index is 1.69. The summed E-state index contributed by atoms with van der Waals surface area (Å²) in [7, 11) is 0. The van der Waals surface area contributed by atoms with Crippen LogP contribution in [0.4, 0.5) is 0 Å². The molecule has 0 unspecified atom stereocenters. The van der Waals surface area contributed by atoms with Gasteiger partial charge in [-0.05, 0) is 74.0 Å². The fourth-order valence-electron chi connectivity index (χ4n) is 7.13. The number of aliphatic hydroxyl groups excluding tert-OH is 2. The molecule has 0 aromatic heterocycles. The second-order valence-corrected chi connectivity index (χ2v) is 9.16. The summed E-state index contributed by atoms with van der Waals surface area (Å²) in [4.78, 5) is 12.4. The number of hydrogen-bond donors (Lipinski definition) is 2. The number of carbonyl (C=O) groups excluding carboxylic acids is 1. The molecule has 0 radical (unpaired) electrons. The van der Waals surface area contributed by atoms with Gasteiger partial charge in [-0.1, -0.05) is 13.8 Å². The van der Waals surface area contributed by atoms with Gasteiger partial charge in [0, 0.05) is 11.8 Å². The van der Waals surface area contributed by atoms with Gasteiger partial charge >= 0.3 is 0 Å². The van der Waals surface area contributed by atoms with Crippen LogP contribution >= 0.6 is 0 Å². The molecule has 3 heteroatoms. The van der Waals surface area contributed by atoms with E-state index in [9.17, 15) is 15.0 Å². The first-order valence-electron chi connectivity index (χ1n) is 9.25. The molecule has 4 saturated carbocycles. The van der Waals surface area contributed by atoms with Crippen LogP contribution in [-0.4, -0.2) is 28.2 Å². The van der Waals surface area contributed by atoms with Gasteiger partial charge < -0.3 is 10.2 Å². The Kier molecular flexibility index (Phi) is 3.30. The van der Waals surface area contributed by atoms with Crippen molar-refractivity contribution in [2.24, 2.45) is 34.5 Å². The predicted octanol–water partition coefficient (Wildman–Crippen LogP) is 2.93. The number of rotatable bonds is 0. The number of ketones is 1. The molecule has 0 aromatic carbocycles. The third-order valence-electron chi connectivity index (χ3n) is 8.28. The van der Waals surface area contributed by atoms with E-state index in [1.807, 2.05) is 0 Å². The van der Waals surface area contributed by atoms with Gasteiger partial charge in [-0.3, -0.25) is 4.79 Å². The molecule has 0 aliphatic heterocycles. The summed E-state index contributed by atoms with van der Waals surface area (Å²) in [6.45, 7) is 4.48. The molecule has 0 amide bonds. The molecule has 4 rings (SSSR count). The summed E-state index contributed by atoms with van der Waals surface area (Å²) < 4.78 is 0. The van der Waals surface area contributed by atoms with Crippen molar-refractivity contribution in [3.8, 4) is 0 Å². The average Bonchev–Trinajstić information content (AvgIpc) is 2.75. The first-order chi connectivity index (χ1) is 10.4. The maximum atomic E-state index is 12.4. The van der Waals surface area contributed by atoms with Crippen LogP contribution < -0.4 is 0 Å². The SMILES string of the molecule is C[C@]12CC[C@H](O)C[C@@H]1CC[C@@H]1[C@H]2[C@@H](O)C[C@]2(C)C(=O)CC[C@@H]12. The van der Waals surface area contributed by atoms with E-state index >= 15 is 0 Å². The number of carbonyl (C=O) groups is 1. The Labute approximate surface area is 133 Å². The lowest BCUT2D eigenvalue weighted by Gasteiger charge is -2.61. The van der Waals surface area contributed by atoms with Gasteiger partial charge in [0.05, 0.1) is 12.2 Å². The molecule has 0 spiro atoms. The maximum absolute atomic E-state index is 12.4. The maximum Gasteiger partial charge on any atom is 0.139 e. The van der Waals surface area contributed by atoms with Crippen molar-refractivity contribution in [2.45, 2.75) is 77.4 Å². The highest BCUT2D eigenvalue weighted by atomic mass is 16.3. The van der Waals surface area contributed by atoms with Crippen LogP contribution in [0.5, 0.6) is 0 Å². The number of fused-ring (bicyclic) bond motifs is 5. The molecule has 124 valence electrons. The van der Waals surface area contributed by atoms with Crippen molar-refractivity contribution in [1.82, 2.24) is 0 Å². The third-order valence-corrected chi connectivity index (χ3v) is 8.28. The van der Waals surface area contributed by atoms with E-state index in [4.69, 9.17) is 0 Å². The summed E-state index contributed by atoms with van der Waals surface area (Å²) in [5.74, 6) is 2.27. The van der Waals surface area contributed by atoms with E-state index < -0.39 is 0 Å². The van der Waals surface area contributed by atoms with Crippen molar-refractivity contribution in [3.63, 3.8) is 0 Å². The highest BCUT2D eigenvalue weighted by molar-refractivity contribution is 5.87. The Morgan fingerprint density at radius 2 is 1.86 bits per heavy atom. The van der Waals surface area contributed by atoms with Gasteiger partial charge in [0.2, 0.25) is 0 Å². The van der Waals surface area contributed by atoms with Crippen LogP contribution in [0.2, 0.25) is 0 Å². The van der Waals surface area contributed by atoms with Gasteiger partial charge in [-0.15, -0.1) is 0 Å². The van der Waals surface area contributed by atoms with E-state index in [2.05, 4.69) is 13.8 Å². The molecule has 4 aliphatic rings. The van der Waals surface area contributed by atoms with E-state index in [0.717, 1.165) is 38.5 Å².